The number of thiophene rings is 3. The molecule has 11 heteroatoms. The second-order valence-corrected chi connectivity index (χ2v) is 19.1. The zero-order chi connectivity index (χ0) is 37.7. The molecule has 11 rings (SSSR count). The molecule has 4 nitrogen and oxygen atoms in total. The molecule has 5 aromatic rings. The lowest BCUT2D eigenvalue weighted by Crippen LogP contribution is -2.30. The summed E-state index contributed by atoms with van der Waals surface area (Å²) in [5, 5.41) is 0. The Hall–Kier alpha value is -4.32. The van der Waals surface area contributed by atoms with Gasteiger partial charge in [0.05, 0.1) is 30.3 Å². The average molecular weight is 795 g/mol. The van der Waals surface area contributed by atoms with Crippen molar-refractivity contribution >= 4 is 93.7 Å². The molecule has 0 radical (unpaired) electrons. The number of hydrogen-bond acceptors (Lipinski definition) is 7. The smallest absolute Gasteiger partial charge is 0.234 e. The Morgan fingerprint density at radius 1 is 0.618 bits per heavy atom. The molecule has 2 saturated carbocycles. The summed E-state index contributed by atoms with van der Waals surface area (Å²) in [4.78, 5) is 54.8. The number of Topliss-reactive ketones (excluding diaryl/α,β-unsaturated/α-hetero) is 4. The third-order valence-corrected chi connectivity index (χ3v) is 17.2. The van der Waals surface area contributed by atoms with Gasteiger partial charge in [0.15, 0.2) is 0 Å². The van der Waals surface area contributed by atoms with Crippen molar-refractivity contribution < 1.29 is 36.7 Å². The second kappa shape index (κ2) is 11.6. The predicted molar refractivity (Wildman–Crippen MR) is 207 cm³/mol. The third-order valence-electron chi connectivity index (χ3n) is 13.3. The van der Waals surface area contributed by atoms with E-state index in [0.29, 0.717) is 6.07 Å². The zero-order valence-corrected chi connectivity index (χ0v) is 31.7. The van der Waals surface area contributed by atoms with Gasteiger partial charge < -0.3 is 0 Å². The monoisotopic (exact) mass is 794 g/mol. The summed E-state index contributed by atoms with van der Waals surface area (Å²) in [6, 6.07) is 3.48. The maximum Gasteiger partial charge on any atom is 0.234 e. The van der Waals surface area contributed by atoms with Gasteiger partial charge in [0.1, 0.15) is 23.3 Å². The molecule has 1 unspecified atom stereocenters. The van der Waals surface area contributed by atoms with Gasteiger partial charge >= 0.3 is 0 Å². The first kappa shape index (κ1) is 34.0. The lowest BCUT2D eigenvalue weighted by molar-refractivity contribution is -0.116. The van der Waals surface area contributed by atoms with E-state index in [1.54, 1.807) is 40.1 Å². The molecule has 0 N–H and O–H groups in total. The molecule has 2 fully saturated rings. The van der Waals surface area contributed by atoms with Crippen molar-refractivity contribution in [3.05, 3.63) is 108 Å². The lowest BCUT2D eigenvalue weighted by atomic mass is 9.65. The summed E-state index contributed by atoms with van der Waals surface area (Å²) in [5.74, 6) is -7.81. The van der Waals surface area contributed by atoms with E-state index in [4.69, 9.17) is 0 Å². The van der Waals surface area contributed by atoms with Crippen molar-refractivity contribution in [2.45, 2.75) is 87.4 Å². The number of halogens is 4. The van der Waals surface area contributed by atoms with Crippen LogP contribution in [0.15, 0.2) is 41.5 Å². The molecule has 0 saturated heterocycles. The molecule has 1 atom stereocenters. The Morgan fingerprint density at radius 2 is 1.20 bits per heavy atom. The van der Waals surface area contributed by atoms with Gasteiger partial charge in [-0.1, -0.05) is 44.1 Å². The van der Waals surface area contributed by atoms with Crippen molar-refractivity contribution in [1.82, 2.24) is 0 Å². The van der Waals surface area contributed by atoms with Gasteiger partial charge in [-0.2, -0.15) is 0 Å². The minimum atomic E-state index is -0.990. The van der Waals surface area contributed by atoms with Gasteiger partial charge in [-0.05, 0) is 84.7 Å². The fourth-order valence-electron chi connectivity index (χ4n) is 10.9. The van der Waals surface area contributed by atoms with E-state index in [9.17, 15) is 32.3 Å². The van der Waals surface area contributed by atoms with Crippen LogP contribution in [0, 0.1) is 23.3 Å². The molecule has 3 aromatic heterocycles. The quantitative estimate of drug-likeness (QED) is 0.104. The number of fused-ring (bicyclic) bond motifs is 11. The lowest BCUT2D eigenvalue weighted by Gasteiger charge is -2.38. The first-order chi connectivity index (χ1) is 26.5. The maximum atomic E-state index is 15.2. The van der Waals surface area contributed by atoms with Gasteiger partial charge in [0, 0.05) is 49.4 Å². The summed E-state index contributed by atoms with van der Waals surface area (Å²) in [5.41, 5.74) is 3.16. The van der Waals surface area contributed by atoms with Crippen molar-refractivity contribution in [3.8, 4) is 0 Å². The number of allylic oxidation sites excluding steroid dienone is 4. The molecule has 2 spiro atoms. The SMILES string of the molecule is O=C1C(=O)c2cc(F)cc(F)c2/C1=C/C1=Cc2sc3c(sc4c5c(sc43)C=C(CC3C(=O)C(=O)c4c(F)cc(F)cc43)C53CCCCC3)c2C12CCCCC2. The normalized spacial score (nSPS) is 22.8. The number of ketones is 4. The number of hydrogen-bond donors (Lipinski definition) is 0. The number of benzene rings is 2. The van der Waals surface area contributed by atoms with Crippen LogP contribution < -0.4 is 0 Å². The Kier molecular flexibility index (Phi) is 7.17. The molecule has 0 amide bonds. The van der Waals surface area contributed by atoms with Gasteiger partial charge in [-0.15, -0.1) is 34.0 Å². The van der Waals surface area contributed by atoms with E-state index >= 15 is 4.39 Å². The molecule has 3 heterocycles. The standard InChI is InChI=1S/C44H30F4O4S3/c45-21-15-23-24(35(49)38(52)32(23)28(48)18-21)11-19-13-29-33(43(19)7-3-1-4-8-43)39-41(53-29)42-40(55-39)34-30(54-42)14-20(44(34)9-5-2-6-10-44)12-25-31-26(37(51)36(25)50)16-22(46)17-27(31)47/h12-18,24H,1-11H2/b25-12-. The summed E-state index contributed by atoms with van der Waals surface area (Å²) in [6.45, 7) is 0. The average Bonchev–Trinajstić information content (AvgIpc) is 3.98. The van der Waals surface area contributed by atoms with Crippen molar-refractivity contribution in [1.29, 1.82) is 0 Å². The van der Waals surface area contributed by atoms with Gasteiger partial charge in [-0.3, -0.25) is 19.2 Å². The van der Waals surface area contributed by atoms with Crippen LogP contribution in [0.2, 0.25) is 0 Å². The summed E-state index contributed by atoms with van der Waals surface area (Å²) < 4.78 is 63.5. The Balaban J connectivity index is 1.04. The summed E-state index contributed by atoms with van der Waals surface area (Å²) in [6.07, 6.45) is 15.8. The highest BCUT2D eigenvalue weighted by molar-refractivity contribution is 7.39. The first-order valence-corrected chi connectivity index (χ1v) is 21.3. The Labute approximate surface area is 324 Å². The fraction of sp³-hybridized carbons (Fsp3) is 0.318. The van der Waals surface area contributed by atoms with Crippen LogP contribution in [0.3, 0.4) is 0 Å². The minimum absolute atomic E-state index is 0.0153. The molecule has 0 bridgehead atoms. The molecular formula is C44H30F4O4S3. The summed E-state index contributed by atoms with van der Waals surface area (Å²) >= 11 is 5.26. The largest absolute Gasteiger partial charge is 0.290 e. The van der Waals surface area contributed by atoms with E-state index in [-0.39, 0.29) is 39.7 Å². The fourth-order valence-corrected chi connectivity index (χ4v) is 15.8. The predicted octanol–water partition coefficient (Wildman–Crippen LogP) is 11.7. The van der Waals surface area contributed by atoms with Crippen molar-refractivity contribution in [2.24, 2.45) is 0 Å². The van der Waals surface area contributed by atoms with E-state index in [2.05, 4.69) is 12.2 Å². The number of carbonyl (C=O) groups excluding carboxylic acids is 4. The zero-order valence-electron chi connectivity index (χ0n) is 29.3. The van der Waals surface area contributed by atoms with Gasteiger partial charge in [0.25, 0.3) is 0 Å². The molecular weight excluding hydrogens is 765 g/mol. The highest BCUT2D eigenvalue weighted by Crippen LogP contribution is 2.64. The molecule has 55 heavy (non-hydrogen) atoms. The molecule has 0 aliphatic heterocycles. The second-order valence-electron chi connectivity index (χ2n) is 16.0. The van der Waals surface area contributed by atoms with E-state index in [1.165, 1.54) is 29.9 Å². The Bertz CT molecular complexity index is 2780. The van der Waals surface area contributed by atoms with Crippen LogP contribution in [0.5, 0.6) is 0 Å². The van der Waals surface area contributed by atoms with E-state index in [1.807, 2.05) is 0 Å². The van der Waals surface area contributed by atoms with Crippen molar-refractivity contribution in [3.63, 3.8) is 0 Å². The van der Waals surface area contributed by atoms with Crippen LogP contribution in [-0.2, 0) is 20.4 Å². The summed E-state index contributed by atoms with van der Waals surface area (Å²) in [7, 11) is 0. The molecule has 6 aliphatic rings. The van der Waals surface area contributed by atoms with Crippen LogP contribution in [-0.4, -0.2) is 23.1 Å². The molecule has 276 valence electrons. The van der Waals surface area contributed by atoms with Crippen LogP contribution in [0.25, 0.3) is 36.5 Å². The first-order valence-electron chi connectivity index (χ1n) is 18.8. The topological polar surface area (TPSA) is 68.3 Å². The van der Waals surface area contributed by atoms with Crippen LogP contribution in [0.4, 0.5) is 17.6 Å². The Morgan fingerprint density at radius 3 is 1.87 bits per heavy atom. The van der Waals surface area contributed by atoms with E-state index in [0.717, 1.165) is 103 Å². The highest BCUT2D eigenvalue weighted by atomic mass is 32.1. The van der Waals surface area contributed by atoms with Crippen LogP contribution in [0.1, 0.15) is 129 Å². The maximum absolute atomic E-state index is 15.2. The number of rotatable bonds is 3. The minimum Gasteiger partial charge on any atom is -0.290 e. The number of carbonyl (C=O) groups is 4. The third kappa shape index (κ3) is 4.43. The van der Waals surface area contributed by atoms with Crippen LogP contribution >= 0.6 is 34.0 Å². The molecule has 2 aromatic carbocycles. The van der Waals surface area contributed by atoms with E-state index < -0.39 is 57.7 Å². The highest BCUT2D eigenvalue weighted by Gasteiger charge is 2.51. The van der Waals surface area contributed by atoms with Gasteiger partial charge in [0.2, 0.25) is 23.1 Å². The van der Waals surface area contributed by atoms with Crippen molar-refractivity contribution in [2.75, 3.05) is 0 Å². The molecule has 6 aliphatic carbocycles. The van der Waals surface area contributed by atoms with Gasteiger partial charge in [-0.25, -0.2) is 17.6 Å².